The largest absolute Gasteiger partial charge is 0.480 e. The number of methoxy groups -OCH3 is 1. The summed E-state index contributed by atoms with van der Waals surface area (Å²) >= 11 is 5.68. The second-order valence-electron chi connectivity index (χ2n) is 3.92. The van der Waals surface area contributed by atoms with Crippen molar-refractivity contribution >= 4 is 17.4 Å². The van der Waals surface area contributed by atoms with E-state index in [1.807, 2.05) is 0 Å². The van der Waals surface area contributed by atoms with E-state index in [9.17, 15) is 18.0 Å². The molecule has 8 heteroatoms. The summed E-state index contributed by atoms with van der Waals surface area (Å²) in [6.45, 7) is 0. The summed E-state index contributed by atoms with van der Waals surface area (Å²) in [5.41, 5.74) is -1.23. The molecule has 0 unspecified atom stereocenters. The fraction of sp³-hybridized carbons (Fsp3) is 0.154. The lowest BCUT2D eigenvalue weighted by molar-refractivity contribution is -0.141. The van der Waals surface area contributed by atoms with Gasteiger partial charge in [0.2, 0.25) is 11.7 Å². The standard InChI is InChI=1S/C13H8ClF3N2O2/c1-21-12-8(3-2-6-18-12)10(20)7-4-5-9(13(15,16)17)19-11(7)14/h2-6H,1H3. The number of hydrogen-bond acceptors (Lipinski definition) is 4. The number of aromatic nitrogens is 2. The first-order valence-corrected chi connectivity index (χ1v) is 6.00. The van der Waals surface area contributed by atoms with Crippen LogP contribution < -0.4 is 4.74 Å². The predicted octanol–water partition coefficient (Wildman–Crippen LogP) is 3.39. The van der Waals surface area contributed by atoms with Gasteiger partial charge in [-0.15, -0.1) is 0 Å². The third kappa shape index (κ3) is 3.13. The van der Waals surface area contributed by atoms with E-state index in [-0.39, 0.29) is 17.0 Å². The quantitative estimate of drug-likeness (QED) is 0.643. The molecule has 0 spiro atoms. The third-order valence-corrected chi connectivity index (χ3v) is 2.88. The van der Waals surface area contributed by atoms with Crippen molar-refractivity contribution in [3.63, 3.8) is 0 Å². The highest BCUT2D eigenvalue weighted by molar-refractivity contribution is 6.34. The summed E-state index contributed by atoms with van der Waals surface area (Å²) in [5.74, 6) is -0.565. The van der Waals surface area contributed by atoms with Gasteiger partial charge in [0, 0.05) is 6.20 Å². The highest BCUT2D eigenvalue weighted by Crippen LogP contribution is 2.30. The molecule has 0 radical (unpaired) electrons. The van der Waals surface area contributed by atoms with Crippen molar-refractivity contribution < 1.29 is 22.7 Å². The first-order chi connectivity index (χ1) is 9.84. The van der Waals surface area contributed by atoms with Crippen LogP contribution in [0.15, 0.2) is 30.5 Å². The lowest BCUT2D eigenvalue weighted by atomic mass is 10.1. The van der Waals surface area contributed by atoms with Gasteiger partial charge < -0.3 is 4.74 Å². The highest BCUT2D eigenvalue weighted by atomic mass is 35.5. The zero-order valence-corrected chi connectivity index (χ0v) is 11.4. The van der Waals surface area contributed by atoms with Crippen LogP contribution in [0.25, 0.3) is 0 Å². The Hall–Kier alpha value is -2.15. The van der Waals surface area contributed by atoms with Crippen LogP contribution in [0, 0.1) is 0 Å². The van der Waals surface area contributed by atoms with Crippen LogP contribution in [0.5, 0.6) is 5.88 Å². The maximum atomic E-state index is 12.5. The second kappa shape index (κ2) is 5.69. The molecule has 0 saturated carbocycles. The molecule has 2 heterocycles. The van der Waals surface area contributed by atoms with Crippen molar-refractivity contribution in [2.45, 2.75) is 6.18 Å². The summed E-state index contributed by atoms with van der Waals surface area (Å²) < 4.78 is 42.4. The Morgan fingerprint density at radius 3 is 2.52 bits per heavy atom. The third-order valence-electron chi connectivity index (χ3n) is 2.59. The summed E-state index contributed by atoms with van der Waals surface area (Å²) in [4.78, 5) is 19.3. The van der Waals surface area contributed by atoms with Crippen molar-refractivity contribution in [1.82, 2.24) is 9.97 Å². The molecule has 2 rings (SSSR count). The highest BCUT2D eigenvalue weighted by Gasteiger charge is 2.33. The molecule has 0 fully saturated rings. The van der Waals surface area contributed by atoms with Crippen LogP contribution in [0.1, 0.15) is 21.6 Å². The summed E-state index contributed by atoms with van der Waals surface area (Å²) in [6, 6.07) is 4.61. The Morgan fingerprint density at radius 1 is 1.24 bits per heavy atom. The van der Waals surface area contributed by atoms with Crippen molar-refractivity contribution in [2.75, 3.05) is 7.11 Å². The van der Waals surface area contributed by atoms with Crippen molar-refractivity contribution in [3.8, 4) is 5.88 Å². The summed E-state index contributed by atoms with van der Waals surface area (Å²) in [6.07, 6.45) is -3.21. The normalized spacial score (nSPS) is 11.3. The molecule has 21 heavy (non-hydrogen) atoms. The molecule has 0 aliphatic carbocycles. The van der Waals surface area contributed by atoms with E-state index in [2.05, 4.69) is 9.97 Å². The van der Waals surface area contributed by atoms with Gasteiger partial charge >= 0.3 is 6.18 Å². The number of alkyl halides is 3. The van der Waals surface area contributed by atoms with E-state index >= 15 is 0 Å². The molecule has 0 aromatic carbocycles. The average molecular weight is 317 g/mol. The number of rotatable bonds is 3. The Bertz CT molecular complexity index is 689. The number of halogens is 4. The van der Waals surface area contributed by atoms with E-state index in [1.54, 1.807) is 0 Å². The van der Waals surface area contributed by atoms with E-state index in [0.717, 1.165) is 6.07 Å². The smallest absolute Gasteiger partial charge is 0.433 e. The molecule has 0 atom stereocenters. The van der Waals surface area contributed by atoms with Gasteiger partial charge in [-0.1, -0.05) is 11.6 Å². The monoisotopic (exact) mass is 316 g/mol. The van der Waals surface area contributed by atoms with Crippen LogP contribution in [0.2, 0.25) is 5.15 Å². The lowest BCUT2D eigenvalue weighted by Crippen LogP contribution is -2.11. The van der Waals surface area contributed by atoms with E-state index in [1.165, 1.54) is 25.4 Å². The zero-order valence-electron chi connectivity index (χ0n) is 10.6. The summed E-state index contributed by atoms with van der Waals surface area (Å²) in [7, 11) is 1.33. The van der Waals surface area contributed by atoms with Crippen LogP contribution in [-0.4, -0.2) is 22.9 Å². The molecule has 0 saturated heterocycles. The predicted molar refractivity (Wildman–Crippen MR) is 68.5 cm³/mol. The van der Waals surface area contributed by atoms with Gasteiger partial charge in [0.1, 0.15) is 10.8 Å². The molecule has 0 bridgehead atoms. The van der Waals surface area contributed by atoms with Gasteiger partial charge in [-0.3, -0.25) is 4.79 Å². The van der Waals surface area contributed by atoms with E-state index in [4.69, 9.17) is 16.3 Å². The molecule has 2 aromatic rings. The molecular weight excluding hydrogens is 309 g/mol. The second-order valence-corrected chi connectivity index (χ2v) is 4.28. The molecule has 0 aliphatic rings. The van der Waals surface area contributed by atoms with Gasteiger partial charge in [-0.25, -0.2) is 9.97 Å². The first kappa shape index (κ1) is 15.2. The van der Waals surface area contributed by atoms with Crippen LogP contribution >= 0.6 is 11.6 Å². The fourth-order valence-electron chi connectivity index (χ4n) is 1.63. The van der Waals surface area contributed by atoms with Gasteiger partial charge in [0.05, 0.1) is 18.2 Å². The Labute approximate surface area is 122 Å². The maximum Gasteiger partial charge on any atom is 0.433 e. The maximum absolute atomic E-state index is 12.5. The SMILES string of the molecule is COc1ncccc1C(=O)c1ccc(C(F)(F)F)nc1Cl. The Kier molecular flexibility index (Phi) is 4.13. The van der Waals surface area contributed by atoms with E-state index in [0.29, 0.717) is 6.07 Å². The first-order valence-electron chi connectivity index (χ1n) is 5.62. The number of carbonyl (C=O) groups excluding carboxylic acids is 1. The minimum atomic E-state index is -4.63. The molecule has 0 N–H and O–H groups in total. The van der Waals surface area contributed by atoms with Crippen LogP contribution in [0.3, 0.4) is 0 Å². The minimum absolute atomic E-state index is 0.0541. The van der Waals surface area contributed by atoms with Crippen LogP contribution in [-0.2, 0) is 6.18 Å². The Morgan fingerprint density at radius 2 is 1.95 bits per heavy atom. The zero-order chi connectivity index (χ0) is 15.6. The van der Waals surface area contributed by atoms with Crippen molar-refractivity contribution in [2.24, 2.45) is 0 Å². The molecule has 0 aliphatic heterocycles. The molecule has 4 nitrogen and oxygen atoms in total. The van der Waals surface area contributed by atoms with E-state index < -0.39 is 22.8 Å². The van der Waals surface area contributed by atoms with Crippen molar-refractivity contribution in [1.29, 1.82) is 0 Å². The van der Waals surface area contributed by atoms with Gasteiger partial charge in [0.15, 0.2) is 0 Å². The number of ketones is 1. The van der Waals surface area contributed by atoms with Crippen molar-refractivity contribution in [3.05, 3.63) is 52.4 Å². The number of hydrogen-bond donors (Lipinski definition) is 0. The minimum Gasteiger partial charge on any atom is -0.480 e. The van der Waals surface area contributed by atoms with Gasteiger partial charge in [-0.2, -0.15) is 13.2 Å². The number of ether oxygens (including phenoxy) is 1. The molecule has 110 valence electrons. The molecule has 2 aromatic heterocycles. The topological polar surface area (TPSA) is 52.1 Å². The average Bonchev–Trinajstić information content (AvgIpc) is 2.45. The number of carbonyl (C=O) groups is 1. The summed E-state index contributed by atoms with van der Waals surface area (Å²) in [5, 5.41) is -0.527. The molecular formula is C13H8ClF3N2O2. The fourth-order valence-corrected chi connectivity index (χ4v) is 1.87. The number of nitrogens with zero attached hydrogens (tertiary/aromatic N) is 2. The van der Waals surface area contributed by atoms with Crippen LogP contribution in [0.4, 0.5) is 13.2 Å². The lowest BCUT2D eigenvalue weighted by Gasteiger charge is -2.09. The Balaban J connectivity index is 2.45. The number of pyridine rings is 2. The van der Waals surface area contributed by atoms with Gasteiger partial charge in [0.25, 0.3) is 0 Å². The molecule has 0 amide bonds. The van der Waals surface area contributed by atoms with Gasteiger partial charge in [-0.05, 0) is 24.3 Å².